The number of anilines is 1. The van der Waals surface area contributed by atoms with Gasteiger partial charge < -0.3 is 14.8 Å². The third-order valence-corrected chi connectivity index (χ3v) is 3.37. The van der Waals surface area contributed by atoms with Crippen molar-refractivity contribution in [3.8, 4) is 23.8 Å². The minimum atomic E-state index is -3.36. The second kappa shape index (κ2) is 8.67. The summed E-state index contributed by atoms with van der Waals surface area (Å²) in [5.74, 6) is 3.13. The molecule has 0 radical (unpaired) electrons. The molecular formula is C20H17F2NO3. The normalized spacial score (nSPS) is 11.0. The van der Waals surface area contributed by atoms with Crippen LogP contribution in [0.1, 0.15) is 15.9 Å². The molecule has 4 nitrogen and oxygen atoms in total. The van der Waals surface area contributed by atoms with Crippen molar-refractivity contribution >= 4 is 18.0 Å². The minimum absolute atomic E-state index is 0.0315. The van der Waals surface area contributed by atoms with E-state index in [9.17, 15) is 13.6 Å². The van der Waals surface area contributed by atoms with Crippen molar-refractivity contribution in [2.75, 3.05) is 19.0 Å². The van der Waals surface area contributed by atoms with E-state index in [1.807, 2.05) is 5.32 Å². The van der Waals surface area contributed by atoms with Crippen LogP contribution in [0.15, 0.2) is 48.5 Å². The van der Waals surface area contributed by atoms with Crippen molar-refractivity contribution in [1.82, 2.24) is 0 Å². The van der Waals surface area contributed by atoms with Crippen molar-refractivity contribution in [3.05, 3.63) is 59.7 Å². The molecule has 0 heterocycles. The van der Waals surface area contributed by atoms with Gasteiger partial charge in [-0.3, -0.25) is 4.79 Å². The fourth-order valence-corrected chi connectivity index (χ4v) is 2.16. The Labute approximate surface area is 150 Å². The van der Waals surface area contributed by atoms with Crippen LogP contribution in [0.4, 0.5) is 14.5 Å². The molecule has 0 aliphatic carbocycles. The summed E-state index contributed by atoms with van der Waals surface area (Å²) in [7, 11) is 1.47. The van der Waals surface area contributed by atoms with E-state index in [1.54, 1.807) is 30.3 Å². The van der Waals surface area contributed by atoms with E-state index in [4.69, 9.17) is 15.9 Å². The van der Waals surface area contributed by atoms with Crippen LogP contribution < -0.4 is 14.8 Å². The topological polar surface area (TPSA) is 47.6 Å². The lowest BCUT2D eigenvalue weighted by molar-refractivity contribution is 0.0889. The highest BCUT2D eigenvalue weighted by atomic mass is 19.3. The molecule has 0 fully saturated rings. The predicted molar refractivity (Wildman–Crippen MR) is 96.8 cm³/mol. The monoisotopic (exact) mass is 357 g/mol. The number of halogens is 2. The molecule has 0 saturated carbocycles. The molecule has 1 N–H and O–H groups in total. The number of terminal acetylenes is 1. The zero-order chi connectivity index (χ0) is 19.0. The number of rotatable bonds is 8. The van der Waals surface area contributed by atoms with Crippen LogP contribution in [0, 0.1) is 12.3 Å². The highest BCUT2D eigenvalue weighted by molar-refractivity contribution is 5.84. The van der Waals surface area contributed by atoms with Gasteiger partial charge in [0.2, 0.25) is 0 Å². The van der Waals surface area contributed by atoms with E-state index < -0.39 is 6.05 Å². The van der Waals surface area contributed by atoms with Crippen molar-refractivity contribution < 1.29 is 23.0 Å². The summed E-state index contributed by atoms with van der Waals surface area (Å²) in [6.07, 6.45) is 7.60. The largest absolute Gasteiger partial charge is 0.493 e. The summed E-state index contributed by atoms with van der Waals surface area (Å²) in [5, 5.41) is 2.05. The number of ether oxygens (including phenoxy) is 2. The Bertz CT molecular complexity index is 841. The zero-order valence-electron chi connectivity index (χ0n) is 14.0. The molecule has 2 aromatic carbocycles. The molecule has 0 unspecified atom stereocenters. The molecule has 0 spiro atoms. The van der Waals surface area contributed by atoms with Crippen LogP contribution >= 0.6 is 0 Å². The Balaban J connectivity index is 2.19. The van der Waals surface area contributed by atoms with E-state index in [2.05, 4.69) is 5.92 Å². The first-order chi connectivity index (χ1) is 12.5. The summed E-state index contributed by atoms with van der Waals surface area (Å²) in [4.78, 5) is 10.9. The van der Waals surface area contributed by atoms with Gasteiger partial charge in [0.25, 0.3) is 0 Å². The van der Waals surface area contributed by atoms with E-state index >= 15 is 0 Å². The lowest BCUT2D eigenvalue weighted by atomic mass is 10.1. The number of methoxy groups -OCH3 is 1. The average molecular weight is 357 g/mol. The van der Waals surface area contributed by atoms with Gasteiger partial charge in [-0.05, 0) is 29.8 Å². The van der Waals surface area contributed by atoms with Gasteiger partial charge in [-0.1, -0.05) is 30.2 Å². The highest BCUT2D eigenvalue weighted by Crippen LogP contribution is 2.29. The first-order valence-electron chi connectivity index (χ1n) is 7.63. The van der Waals surface area contributed by atoms with Gasteiger partial charge in [-0.25, -0.2) is 0 Å². The van der Waals surface area contributed by atoms with Gasteiger partial charge in [0.1, 0.15) is 6.61 Å². The van der Waals surface area contributed by atoms with Crippen LogP contribution in [0.5, 0.6) is 11.5 Å². The average Bonchev–Trinajstić information content (AvgIpc) is 2.65. The van der Waals surface area contributed by atoms with Crippen molar-refractivity contribution in [2.45, 2.75) is 6.05 Å². The number of para-hydroxylation sites is 1. The highest BCUT2D eigenvalue weighted by Gasteiger charge is 2.25. The van der Waals surface area contributed by atoms with Crippen LogP contribution in [0.25, 0.3) is 6.08 Å². The summed E-state index contributed by atoms with van der Waals surface area (Å²) in [5.41, 5.74) is 0.669. The molecule has 0 amide bonds. The number of carbonyl (C=O) groups excluding carboxylic acids is 1. The Morgan fingerprint density at radius 2 is 2.00 bits per heavy atom. The van der Waals surface area contributed by atoms with Crippen molar-refractivity contribution in [2.24, 2.45) is 0 Å². The third-order valence-electron chi connectivity index (χ3n) is 3.37. The van der Waals surface area contributed by atoms with Gasteiger partial charge in [0.15, 0.2) is 17.8 Å². The third kappa shape index (κ3) is 5.08. The van der Waals surface area contributed by atoms with Gasteiger partial charge in [-0.15, -0.1) is 6.42 Å². The van der Waals surface area contributed by atoms with Gasteiger partial charge in [0, 0.05) is 17.3 Å². The Hall–Kier alpha value is -3.33. The molecular weight excluding hydrogens is 340 g/mol. The SMILES string of the molecule is C#CCOc1cc(/C=C/C(F)(F)Nc2ccccc2C=O)ccc1OC. The summed E-state index contributed by atoms with van der Waals surface area (Å²) in [6, 6.07) is 7.40. The number of carbonyl (C=O) groups is 1. The number of aldehydes is 1. The maximum absolute atomic E-state index is 14.2. The molecule has 2 rings (SSSR count). The lowest BCUT2D eigenvalue weighted by Gasteiger charge is -2.16. The molecule has 2 aromatic rings. The van der Waals surface area contributed by atoms with Crippen molar-refractivity contribution in [1.29, 1.82) is 0 Å². The predicted octanol–water partition coefficient (Wildman–Crippen LogP) is 4.24. The molecule has 134 valence electrons. The first-order valence-corrected chi connectivity index (χ1v) is 7.63. The van der Waals surface area contributed by atoms with Crippen LogP contribution in [-0.4, -0.2) is 26.0 Å². The second-order valence-corrected chi connectivity index (χ2v) is 5.19. The van der Waals surface area contributed by atoms with Crippen LogP contribution in [0.3, 0.4) is 0 Å². The second-order valence-electron chi connectivity index (χ2n) is 5.19. The molecule has 0 atom stereocenters. The fraction of sp³-hybridized carbons (Fsp3) is 0.150. The zero-order valence-corrected chi connectivity index (χ0v) is 14.0. The molecule has 0 aliphatic heterocycles. The van der Waals surface area contributed by atoms with Crippen LogP contribution in [-0.2, 0) is 0 Å². The van der Waals surface area contributed by atoms with Crippen LogP contribution in [0.2, 0.25) is 0 Å². The number of alkyl halides is 2. The lowest BCUT2D eigenvalue weighted by Crippen LogP contribution is -2.25. The molecule has 0 aliphatic rings. The molecule has 0 saturated heterocycles. The molecule has 6 heteroatoms. The number of benzene rings is 2. The van der Waals surface area contributed by atoms with E-state index in [-0.39, 0.29) is 17.9 Å². The van der Waals surface area contributed by atoms with E-state index in [1.165, 1.54) is 25.3 Å². The first kappa shape index (κ1) is 19.0. The molecule has 0 aromatic heterocycles. The van der Waals surface area contributed by atoms with Gasteiger partial charge >= 0.3 is 6.05 Å². The quantitative estimate of drug-likeness (QED) is 0.436. The Morgan fingerprint density at radius 1 is 1.23 bits per heavy atom. The maximum atomic E-state index is 14.2. The fourth-order valence-electron chi connectivity index (χ4n) is 2.16. The smallest absolute Gasteiger partial charge is 0.343 e. The maximum Gasteiger partial charge on any atom is 0.343 e. The number of hydrogen-bond donors (Lipinski definition) is 1. The molecule has 0 bridgehead atoms. The Kier molecular flexibility index (Phi) is 6.34. The number of nitrogens with one attached hydrogen (secondary N) is 1. The summed E-state index contributed by atoms with van der Waals surface area (Å²) >= 11 is 0. The summed E-state index contributed by atoms with van der Waals surface area (Å²) in [6.45, 7) is 0.0315. The van der Waals surface area contributed by atoms with E-state index in [0.29, 0.717) is 29.4 Å². The molecule has 26 heavy (non-hydrogen) atoms. The standard InChI is InChI=1S/C20H17F2NO3/c1-3-12-26-19-13-15(8-9-18(19)25-2)10-11-20(21,22)23-17-7-5-4-6-16(17)14-24/h1,4-11,13-14,23H,12H2,2H3/b11-10+. The van der Waals surface area contributed by atoms with Crippen molar-refractivity contribution in [3.63, 3.8) is 0 Å². The summed E-state index contributed by atoms with van der Waals surface area (Å²) < 4.78 is 38.8. The Morgan fingerprint density at radius 3 is 2.69 bits per heavy atom. The number of hydrogen-bond acceptors (Lipinski definition) is 4. The van der Waals surface area contributed by atoms with E-state index in [0.717, 1.165) is 0 Å². The van der Waals surface area contributed by atoms with Gasteiger partial charge in [0.05, 0.1) is 7.11 Å². The van der Waals surface area contributed by atoms with Gasteiger partial charge in [-0.2, -0.15) is 8.78 Å². The minimum Gasteiger partial charge on any atom is -0.493 e.